The molecule has 3 rings (SSSR count). The Morgan fingerprint density at radius 3 is 2.30 bits per heavy atom. The minimum atomic E-state index is -4.62. The van der Waals surface area contributed by atoms with Gasteiger partial charge in [-0.15, -0.1) is 0 Å². The van der Waals surface area contributed by atoms with Gasteiger partial charge in [-0.3, -0.25) is 4.79 Å². The average molecular weight is 440 g/mol. The molecule has 1 aliphatic rings. The molecule has 1 saturated heterocycles. The summed E-state index contributed by atoms with van der Waals surface area (Å²) in [5.74, 6) is -0.547. The highest BCUT2D eigenvalue weighted by molar-refractivity contribution is 7.89. The number of anilines is 1. The Kier molecular flexibility index (Phi) is 6.24. The van der Waals surface area contributed by atoms with Crippen LogP contribution in [0.3, 0.4) is 0 Å². The van der Waals surface area contributed by atoms with Gasteiger partial charge in [0.1, 0.15) is 0 Å². The van der Waals surface area contributed by atoms with Crippen LogP contribution >= 0.6 is 0 Å². The first-order chi connectivity index (χ1) is 14.0. The molecule has 1 aliphatic heterocycles. The van der Waals surface area contributed by atoms with Gasteiger partial charge in [-0.25, -0.2) is 8.42 Å². The Morgan fingerprint density at radius 2 is 1.70 bits per heavy atom. The minimum absolute atomic E-state index is 0.0730. The fourth-order valence-electron chi connectivity index (χ4n) is 3.40. The number of alkyl halides is 3. The number of hydrogen-bond donors (Lipinski definition) is 1. The summed E-state index contributed by atoms with van der Waals surface area (Å²) in [6, 6.07) is 9.32. The Labute approximate surface area is 173 Å². The van der Waals surface area contributed by atoms with Crippen LogP contribution < -0.4 is 5.32 Å². The summed E-state index contributed by atoms with van der Waals surface area (Å²) in [6.45, 7) is 4.07. The van der Waals surface area contributed by atoms with Gasteiger partial charge in [0.25, 0.3) is 0 Å². The lowest BCUT2D eigenvalue weighted by atomic mass is 9.97. The minimum Gasteiger partial charge on any atom is -0.326 e. The van der Waals surface area contributed by atoms with E-state index in [1.807, 2.05) is 32.0 Å². The normalized spacial score (nSPS) is 16.4. The highest BCUT2D eigenvalue weighted by atomic mass is 32.2. The maximum Gasteiger partial charge on any atom is 0.416 e. The average Bonchev–Trinajstić information content (AvgIpc) is 2.70. The van der Waals surface area contributed by atoms with E-state index in [1.165, 1.54) is 0 Å². The second-order valence-electron chi connectivity index (χ2n) is 7.49. The highest BCUT2D eigenvalue weighted by Gasteiger charge is 2.35. The van der Waals surface area contributed by atoms with Crippen molar-refractivity contribution in [1.82, 2.24) is 4.31 Å². The van der Waals surface area contributed by atoms with Crippen LogP contribution in [0.1, 0.15) is 29.5 Å². The van der Waals surface area contributed by atoms with Crippen molar-refractivity contribution in [3.8, 4) is 0 Å². The van der Waals surface area contributed by atoms with Gasteiger partial charge in [-0.2, -0.15) is 17.5 Å². The lowest BCUT2D eigenvalue weighted by Gasteiger charge is -2.30. The second-order valence-corrected chi connectivity index (χ2v) is 9.43. The molecule has 9 heteroatoms. The summed E-state index contributed by atoms with van der Waals surface area (Å²) >= 11 is 0. The number of carbonyl (C=O) groups excluding carboxylic acids is 1. The van der Waals surface area contributed by atoms with Crippen LogP contribution in [0.25, 0.3) is 0 Å². The van der Waals surface area contributed by atoms with E-state index in [0.717, 1.165) is 33.6 Å². The summed E-state index contributed by atoms with van der Waals surface area (Å²) in [4.78, 5) is 12.1. The van der Waals surface area contributed by atoms with E-state index in [2.05, 4.69) is 5.32 Å². The van der Waals surface area contributed by atoms with Crippen LogP contribution in [0.5, 0.6) is 0 Å². The molecule has 0 bridgehead atoms. The molecular formula is C21H23F3N2O3S. The molecule has 0 radical (unpaired) electrons. The van der Waals surface area contributed by atoms with Crippen molar-refractivity contribution >= 4 is 21.6 Å². The van der Waals surface area contributed by atoms with Gasteiger partial charge in [-0.1, -0.05) is 12.1 Å². The monoisotopic (exact) mass is 440 g/mol. The number of carbonyl (C=O) groups is 1. The Hall–Kier alpha value is -2.39. The van der Waals surface area contributed by atoms with Gasteiger partial charge in [-0.05, 0) is 68.1 Å². The summed E-state index contributed by atoms with van der Waals surface area (Å²) in [7, 11) is -4.06. The maximum absolute atomic E-state index is 12.9. The summed E-state index contributed by atoms with van der Waals surface area (Å²) < 4.78 is 65.4. The van der Waals surface area contributed by atoms with Gasteiger partial charge in [0.2, 0.25) is 15.9 Å². The van der Waals surface area contributed by atoms with Crippen molar-refractivity contribution in [2.75, 3.05) is 18.4 Å². The number of halogens is 3. The molecule has 0 spiro atoms. The first kappa shape index (κ1) is 22.3. The molecule has 1 heterocycles. The largest absolute Gasteiger partial charge is 0.416 e. The lowest BCUT2D eigenvalue weighted by Crippen LogP contribution is -2.41. The molecular weight excluding hydrogens is 417 g/mol. The van der Waals surface area contributed by atoms with E-state index >= 15 is 0 Å². The fraction of sp³-hybridized carbons (Fsp3) is 0.381. The number of nitrogens with zero attached hydrogens (tertiary/aromatic N) is 1. The van der Waals surface area contributed by atoms with Gasteiger partial charge >= 0.3 is 6.18 Å². The van der Waals surface area contributed by atoms with Gasteiger partial charge in [0.05, 0.1) is 10.5 Å². The van der Waals surface area contributed by atoms with Crippen LogP contribution in [0, 0.1) is 19.8 Å². The van der Waals surface area contributed by atoms with Crippen molar-refractivity contribution < 1.29 is 26.4 Å². The van der Waals surface area contributed by atoms with Crippen molar-refractivity contribution in [3.05, 3.63) is 59.2 Å². The second kappa shape index (κ2) is 8.39. The fourth-order valence-corrected chi connectivity index (χ4v) is 4.92. The standard InChI is InChI=1S/C21H23F3N2O3S/c1-14-6-7-18(12-15(14)2)25-20(27)16-8-10-26(11-9-16)30(28,29)19-5-3-4-17(13-19)21(22,23)24/h3-7,12-13,16H,8-11H2,1-2H3,(H,25,27). The predicted octanol–water partition coefficient (Wildman–Crippen LogP) is 4.36. The number of amides is 1. The molecule has 2 aromatic carbocycles. The van der Waals surface area contributed by atoms with E-state index in [0.29, 0.717) is 24.6 Å². The molecule has 30 heavy (non-hydrogen) atoms. The molecule has 1 fully saturated rings. The van der Waals surface area contributed by atoms with Crippen LogP contribution in [0.15, 0.2) is 47.4 Å². The lowest BCUT2D eigenvalue weighted by molar-refractivity contribution is -0.137. The number of hydrogen-bond acceptors (Lipinski definition) is 3. The van der Waals surface area contributed by atoms with E-state index in [9.17, 15) is 26.4 Å². The van der Waals surface area contributed by atoms with Crippen LogP contribution in [-0.4, -0.2) is 31.7 Å². The van der Waals surface area contributed by atoms with E-state index < -0.39 is 26.7 Å². The number of piperidine rings is 1. The third kappa shape index (κ3) is 4.84. The number of rotatable bonds is 4. The molecule has 162 valence electrons. The molecule has 0 saturated carbocycles. The number of aryl methyl sites for hydroxylation is 2. The Bertz CT molecular complexity index is 1040. The third-order valence-electron chi connectivity index (χ3n) is 5.40. The Balaban J connectivity index is 1.66. The molecule has 1 N–H and O–H groups in total. The van der Waals surface area contributed by atoms with E-state index in [-0.39, 0.29) is 24.9 Å². The summed E-state index contributed by atoms with van der Waals surface area (Å²) in [5, 5.41) is 2.86. The van der Waals surface area contributed by atoms with Crippen LogP contribution in [-0.2, 0) is 21.0 Å². The number of nitrogens with one attached hydrogen (secondary N) is 1. The summed E-state index contributed by atoms with van der Waals surface area (Å²) in [5.41, 5.74) is 1.84. The van der Waals surface area contributed by atoms with E-state index in [1.54, 1.807) is 0 Å². The summed E-state index contributed by atoms with van der Waals surface area (Å²) in [6.07, 6.45) is -4.02. The first-order valence-electron chi connectivity index (χ1n) is 9.54. The molecule has 0 aliphatic carbocycles. The van der Waals surface area contributed by atoms with Crippen LogP contribution in [0.2, 0.25) is 0 Å². The van der Waals surface area contributed by atoms with Crippen molar-refractivity contribution in [1.29, 1.82) is 0 Å². The van der Waals surface area contributed by atoms with Crippen molar-refractivity contribution in [3.63, 3.8) is 0 Å². The van der Waals surface area contributed by atoms with Crippen LogP contribution in [0.4, 0.5) is 18.9 Å². The van der Waals surface area contributed by atoms with Crippen molar-refractivity contribution in [2.24, 2.45) is 5.92 Å². The maximum atomic E-state index is 12.9. The molecule has 2 aromatic rings. The molecule has 5 nitrogen and oxygen atoms in total. The topological polar surface area (TPSA) is 66.5 Å². The molecule has 0 unspecified atom stereocenters. The van der Waals surface area contributed by atoms with Crippen molar-refractivity contribution in [2.45, 2.75) is 37.8 Å². The predicted molar refractivity (Wildman–Crippen MR) is 107 cm³/mol. The third-order valence-corrected chi connectivity index (χ3v) is 7.29. The quantitative estimate of drug-likeness (QED) is 0.768. The number of benzene rings is 2. The van der Waals surface area contributed by atoms with E-state index in [4.69, 9.17) is 0 Å². The van der Waals surface area contributed by atoms with Gasteiger partial charge in [0, 0.05) is 24.7 Å². The Morgan fingerprint density at radius 1 is 1.03 bits per heavy atom. The number of sulfonamides is 1. The smallest absolute Gasteiger partial charge is 0.326 e. The molecule has 0 aromatic heterocycles. The SMILES string of the molecule is Cc1ccc(NC(=O)C2CCN(S(=O)(=O)c3cccc(C(F)(F)F)c3)CC2)cc1C. The molecule has 0 atom stereocenters. The highest BCUT2D eigenvalue weighted by Crippen LogP contribution is 2.32. The first-order valence-corrected chi connectivity index (χ1v) is 11.0. The van der Waals surface area contributed by atoms with Gasteiger partial charge in [0.15, 0.2) is 0 Å². The van der Waals surface area contributed by atoms with Gasteiger partial charge < -0.3 is 5.32 Å². The molecule has 1 amide bonds. The zero-order valence-electron chi connectivity index (χ0n) is 16.7. The zero-order chi connectivity index (χ0) is 22.1. The zero-order valence-corrected chi connectivity index (χ0v) is 17.5.